The minimum atomic E-state index is -1.17. The molecule has 31 heavy (non-hydrogen) atoms. The second-order valence-electron chi connectivity index (χ2n) is 7.54. The zero-order valence-corrected chi connectivity index (χ0v) is 17.6. The molecule has 4 nitrogen and oxygen atoms in total. The van der Waals surface area contributed by atoms with Crippen molar-refractivity contribution in [2.24, 2.45) is 4.99 Å². The van der Waals surface area contributed by atoms with Crippen molar-refractivity contribution < 1.29 is 9.53 Å². The fourth-order valence-corrected chi connectivity index (χ4v) is 4.19. The molecule has 0 radical (unpaired) electrons. The highest BCUT2D eigenvalue weighted by Crippen LogP contribution is 2.40. The van der Waals surface area contributed by atoms with Crippen molar-refractivity contribution in [2.45, 2.75) is 24.5 Å². The highest BCUT2D eigenvalue weighted by Gasteiger charge is 2.45. The summed E-state index contributed by atoms with van der Waals surface area (Å²) in [5.41, 5.74) is 1.11. The van der Waals surface area contributed by atoms with Crippen LogP contribution in [0.25, 0.3) is 0 Å². The van der Waals surface area contributed by atoms with Crippen molar-refractivity contribution in [3.05, 3.63) is 120 Å². The van der Waals surface area contributed by atoms with E-state index < -0.39 is 11.2 Å². The molecule has 1 atom stereocenters. The van der Waals surface area contributed by atoms with Gasteiger partial charge in [0.25, 0.3) is 0 Å². The van der Waals surface area contributed by atoms with Crippen LogP contribution >= 0.6 is 0 Å². The van der Waals surface area contributed by atoms with Gasteiger partial charge in [0.2, 0.25) is 0 Å². The van der Waals surface area contributed by atoms with Gasteiger partial charge in [-0.2, -0.15) is 0 Å². The van der Waals surface area contributed by atoms with E-state index in [2.05, 4.69) is 46.7 Å². The Hall–Kier alpha value is -3.50. The van der Waals surface area contributed by atoms with Gasteiger partial charge in [0.1, 0.15) is 5.76 Å². The molecule has 4 rings (SSSR count). The molecule has 0 aromatic heterocycles. The van der Waals surface area contributed by atoms with Crippen LogP contribution in [-0.4, -0.2) is 24.8 Å². The Bertz CT molecular complexity index is 966. The van der Waals surface area contributed by atoms with Crippen molar-refractivity contribution in [1.82, 2.24) is 5.32 Å². The molecular formula is C27H26N2O2. The van der Waals surface area contributed by atoms with Crippen molar-refractivity contribution in [1.29, 1.82) is 0 Å². The van der Waals surface area contributed by atoms with E-state index in [1.165, 1.54) is 0 Å². The number of carbonyl (C=O) groups is 1. The first-order valence-electron chi connectivity index (χ1n) is 10.5. The average Bonchev–Trinajstić information content (AvgIpc) is 2.85. The highest BCUT2D eigenvalue weighted by molar-refractivity contribution is 5.79. The van der Waals surface area contributed by atoms with Crippen LogP contribution in [0.3, 0.4) is 0 Å². The third-order valence-electron chi connectivity index (χ3n) is 5.56. The van der Waals surface area contributed by atoms with Gasteiger partial charge in [0, 0.05) is 6.21 Å². The molecule has 156 valence electrons. The lowest BCUT2D eigenvalue weighted by molar-refractivity contribution is -0.114. The number of dihydropyridines is 1. The molecule has 0 fully saturated rings. The number of nitrogens with one attached hydrogen (secondary N) is 1. The van der Waals surface area contributed by atoms with Gasteiger partial charge in [-0.1, -0.05) is 91.0 Å². The third kappa shape index (κ3) is 4.07. The van der Waals surface area contributed by atoms with Crippen molar-refractivity contribution in [3.8, 4) is 0 Å². The molecule has 0 spiro atoms. The topological polar surface area (TPSA) is 50.7 Å². The third-order valence-corrected chi connectivity index (χ3v) is 5.56. The van der Waals surface area contributed by atoms with Crippen molar-refractivity contribution >= 4 is 12.5 Å². The first-order chi connectivity index (χ1) is 15.2. The minimum absolute atomic E-state index is 0.342. The zero-order valence-electron chi connectivity index (χ0n) is 17.6. The zero-order chi connectivity index (χ0) is 21.6. The molecule has 0 saturated carbocycles. The number of ether oxygens (including phenoxy) is 1. The van der Waals surface area contributed by atoms with Gasteiger partial charge in [0.15, 0.2) is 11.9 Å². The number of allylic oxidation sites excluding steroid dienone is 1. The van der Waals surface area contributed by atoms with Crippen molar-refractivity contribution in [2.75, 3.05) is 6.61 Å². The Morgan fingerprint density at radius 2 is 1.39 bits per heavy atom. The fourth-order valence-electron chi connectivity index (χ4n) is 4.19. The van der Waals surface area contributed by atoms with Crippen LogP contribution in [0.4, 0.5) is 0 Å². The molecule has 0 bridgehead atoms. The molecule has 1 aliphatic heterocycles. The standard InChI is InChI=1S/C27H26N2O2/c1-2-31-25-18-19-28-26(20-25,21-30)29-27(22-12-6-3-7-13-22,23-14-8-4-9-15-23)24-16-10-5-11-17-24/h3-19,21,29H,2,20H2,1H3. The molecule has 1 N–H and O–H groups in total. The second-order valence-corrected chi connectivity index (χ2v) is 7.54. The number of aliphatic imine (C=N–C) groups is 1. The number of hydrogen-bond acceptors (Lipinski definition) is 4. The number of rotatable bonds is 8. The van der Waals surface area contributed by atoms with E-state index in [4.69, 9.17) is 4.74 Å². The maximum Gasteiger partial charge on any atom is 0.174 e. The maximum atomic E-state index is 12.5. The Morgan fingerprint density at radius 1 is 0.903 bits per heavy atom. The van der Waals surface area contributed by atoms with Gasteiger partial charge in [0.05, 0.1) is 18.6 Å². The summed E-state index contributed by atoms with van der Waals surface area (Å²) in [7, 11) is 0. The van der Waals surface area contributed by atoms with Gasteiger partial charge in [-0.3, -0.25) is 15.1 Å². The number of hydrogen-bond donors (Lipinski definition) is 1. The van der Waals surface area contributed by atoms with Gasteiger partial charge in [-0.05, 0) is 29.7 Å². The summed E-state index contributed by atoms with van der Waals surface area (Å²) < 4.78 is 5.74. The molecule has 0 aliphatic carbocycles. The molecule has 1 aliphatic rings. The Labute approximate surface area is 183 Å². The monoisotopic (exact) mass is 410 g/mol. The summed E-state index contributed by atoms with van der Waals surface area (Å²) in [4.78, 5) is 17.2. The summed E-state index contributed by atoms with van der Waals surface area (Å²) in [5, 5.41) is 3.68. The van der Waals surface area contributed by atoms with E-state index in [0.717, 1.165) is 28.7 Å². The summed E-state index contributed by atoms with van der Waals surface area (Å²) in [5.74, 6) is 0.736. The Kier molecular flexibility index (Phi) is 6.10. The van der Waals surface area contributed by atoms with E-state index in [1.54, 1.807) is 6.21 Å². The molecule has 0 saturated heterocycles. The first kappa shape index (κ1) is 20.8. The minimum Gasteiger partial charge on any atom is -0.498 e. The molecule has 3 aromatic rings. The van der Waals surface area contributed by atoms with E-state index in [0.29, 0.717) is 13.0 Å². The number of carbonyl (C=O) groups excluding carboxylic acids is 1. The summed E-state index contributed by atoms with van der Waals surface area (Å²) in [6.45, 7) is 2.47. The SMILES string of the molecule is CCOC1=CC=NC(C=O)(NC(c2ccccc2)(c2ccccc2)c2ccccc2)C1. The smallest absolute Gasteiger partial charge is 0.174 e. The quantitative estimate of drug-likeness (QED) is 0.426. The molecular weight excluding hydrogens is 384 g/mol. The summed E-state index contributed by atoms with van der Waals surface area (Å²) in [6, 6.07) is 30.6. The van der Waals surface area contributed by atoms with Crippen molar-refractivity contribution in [3.63, 3.8) is 0 Å². The number of benzene rings is 3. The summed E-state index contributed by atoms with van der Waals surface area (Å²) >= 11 is 0. The average molecular weight is 411 g/mol. The second kappa shape index (κ2) is 9.11. The Balaban J connectivity index is 1.94. The lowest BCUT2D eigenvalue weighted by Crippen LogP contribution is -2.58. The lowest BCUT2D eigenvalue weighted by atomic mass is 9.75. The normalized spacial score (nSPS) is 18.3. The highest BCUT2D eigenvalue weighted by atomic mass is 16.5. The molecule has 1 heterocycles. The van der Waals surface area contributed by atoms with Gasteiger partial charge in [-0.15, -0.1) is 0 Å². The van der Waals surface area contributed by atoms with Crippen LogP contribution < -0.4 is 5.32 Å². The number of nitrogens with zero attached hydrogens (tertiary/aromatic N) is 1. The Morgan fingerprint density at radius 3 is 1.81 bits per heavy atom. The van der Waals surface area contributed by atoms with Gasteiger partial charge < -0.3 is 4.74 Å². The van der Waals surface area contributed by atoms with E-state index in [9.17, 15) is 4.79 Å². The number of aldehydes is 1. The van der Waals surface area contributed by atoms with Crippen LogP contribution in [-0.2, 0) is 15.1 Å². The van der Waals surface area contributed by atoms with E-state index >= 15 is 0 Å². The van der Waals surface area contributed by atoms with Gasteiger partial charge >= 0.3 is 0 Å². The van der Waals surface area contributed by atoms with E-state index in [-0.39, 0.29) is 0 Å². The predicted octanol–water partition coefficient (Wildman–Crippen LogP) is 4.86. The molecule has 3 aromatic carbocycles. The fraction of sp³-hybridized carbons (Fsp3) is 0.185. The van der Waals surface area contributed by atoms with Crippen LogP contribution in [0.15, 0.2) is 108 Å². The predicted molar refractivity (Wildman–Crippen MR) is 124 cm³/mol. The van der Waals surface area contributed by atoms with Crippen LogP contribution in [0.2, 0.25) is 0 Å². The molecule has 0 amide bonds. The first-order valence-corrected chi connectivity index (χ1v) is 10.5. The van der Waals surface area contributed by atoms with Crippen LogP contribution in [0.5, 0.6) is 0 Å². The molecule has 1 unspecified atom stereocenters. The van der Waals surface area contributed by atoms with Crippen LogP contribution in [0, 0.1) is 0 Å². The largest absolute Gasteiger partial charge is 0.498 e. The van der Waals surface area contributed by atoms with E-state index in [1.807, 2.05) is 67.6 Å². The summed E-state index contributed by atoms with van der Waals surface area (Å²) in [6.07, 6.45) is 4.71. The van der Waals surface area contributed by atoms with Gasteiger partial charge in [-0.25, -0.2) is 0 Å². The molecule has 4 heteroatoms. The lowest BCUT2D eigenvalue weighted by Gasteiger charge is -2.43. The van der Waals surface area contributed by atoms with Crippen LogP contribution in [0.1, 0.15) is 30.0 Å². The maximum absolute atomic E-state index is 12.5.